The molecule has 0 aliphatic heterocycles. The summed E-state index contributed by atoms with van der Waals surface area (Å²) in [5.74, 6) is -5.28. The summed E-state index contributed by atoms with van der Waals surface area (Å²) in [6, 6.07) is 1.30. The second-order valence-corrected chi connectivity index (χ2v) is 3.03. The van der Waals surface area contributed by atoms with Crippen molar-refractivity contribution in [3.05, 3.63) is 29.2 Å². The summed E-state index contributed by atoms with van der Waals surface area (Å²) in [5.41, 5.74) is 0.220. The van der Waals surface area contributed by atoms with Gasteiger partial charge in [0, 0.05) is 11.1 Å². The van der Waals surface area contributed by atoms with Gasteiger partial charge >= 0.3 is 0 Å². The molecule has 1 aromatic carbocycles. The summed E-state index contributed by atoms with van der Waals surface area (Å²) in [5, 5.41) is 8.74. The lowest BCUT2D eigenvalue weighted by Crippen LogP contribution is -1.91. The van der Waals surface area contributed by atoms with Crippen molar-refractivity contribution in [2.75, 3.05) is 0 Å². The number of aromatic hydroxyl groups is 1. The summed E-state index contributed by atoms with van der Waals surface area (Å²) in [6.07, 6.45) is 0. The van der Waals surface area contributed by atoms with E-state index in [-0.39, 0.29) is 10.9 Å². The minimum absolute atomic E-state index is 0.154. The van der Waals surface area contributed by atoms with E-state index in [1.54, 1.807) is 6.92 Å². The standard InChI is InChI=1S/C9H6F3NO/c1-3-2-4-5(10)9(14)7(12)6(11)8(4)13-3/h2,13-14H,1H3. The summed E-state index contributed by atoms with van der Waals surface area (Å²) in [6.45, 7) is 1.58. The van der Waals surface area contributed by atoms with E-state index in [2.05, 4.69) is 4.98 Å². The number of H-pyrrole nitrogens is 1. The maximum atomic E-state index is 13.2. The van der Waals surface area contributed by atoms with Gasteiger partial charge in [-0.15, -0.1) is 0 Å². The van der Waals surface area contributed by atoms with E-state index < -0.39 is 23.2 Å². The van der Waals surface area contributed by atoms with Gasteiger partial charge in [-0.25, -0.2) is 8.78 Å². The summed E-state index contributed by atoms with van der Waals surface area (Å²) in [4.78, 5) is 2.47. The molecule has 1 heterocycles. The Balaban J connectivity index is 3.01. The highest BCUT2D eigenvalue weighted by molar-refractivity contribution is 5.83. The number of hydrogen-bond acceptors (Lipinski definition) is 1. The highest BCUT2D eigenvalue weighted by atomic mass is 19.2. The lowest BCUT2D eigenvalue weighted by Gasteiger charge is -2.00. The van der Waals surface area contributed by atoms with Crippen LogP contribution in [-0.4, -0.2) is 10.1 Å². The van der Waals surface area contributed by atoms with Gasteiger partial charge in [0.15, 0.2) is 17.4 Å². The molecule has 0 spiro atoms. The predicted octanol–water partition coefficient (Wildman–Crippen LogP) is 2.60. The van der Waals surface area contributed by atoms with Crippen LogP contribution in [0.5, 0.6) is 5.75 Å². The second kappa shape index (κ2) is 2.67. The van der Waals surface area contributed by atoms with Crippen molar-refractivity contribution in [3.8, 4) is 5.75 Å². The number of benzene rings is 1. The van der Waals surface area contributed by atoms with Gasteiger partial charge in [-0.2, -0.15) is 4.39 Å². The molecule has 0 saturated carbocycles. The number of aromatic nitrogens is 1. The minimum Gasteiger partial charge on any atom is -0.503 e. The Hall–Kier alpha value is -1.65. The smallest absolute Gasteiger partial charge is 0.205 e. The molecule has 5 heteroatoms. The van der Waals surface area contributed by atoms with E-state index in [0.717, 1.165) is 0 Å². The largest absolute Gasteiger partial charge is 0.503 e. The zero-order chi connectivity index (χ0) is 10.5. The van der Waals surface area contributed by atoms with E-state index in [0.29, 0.717) is 5.69 Å². The third kappa shape index (κ3) is 0.982. The van der Waals surface area contributed by atoms with Crippen molar-refractivity contribution in [1.29, 1.82) is 0 Å². The molecule has 0 aliphatic carbocycles. The zero-order valence-corrected chi connectivity index (χ0v) is 7.16. The first-order valence-corrected chi connectivity index (χ1v) is 3.87. The van der Waals surface area contributed by atoms with E-state index >= 15 is 0 Å². The number of nitrogens with one attached hydrogen (secondary N) is 1. The van der Waals surface area contributed by atoms with Gasteiger partial charge in [0.25, 0.3) is 0 Å². The fourth-order valence-electron chi connectivity index (χ4n) is 1.37. The molecule has 0 radical (unpaired) electrons. The average molecular weight is 201 g/mol. The van der Waals surface area contributed by atoms with Gasteiger partial charge in [0.05, 0.1) is 5.52 Å². The van der Waals surface area contributed by atoms with Crippen LogP contribution in [0.4, 0.5) is 13.2 Å². The predicted molar refractivity (Wildman–Crippen MR) is 44.6 cm³/mol. The van der Waals surface area contributed by atoms with Crippen molar-refractivity contribution in [1.82, 2.24) is 4.98 Å². The van der Waals surface area contributed by atoms with E-state index in [1.165, 1.54) is 6.07 Å². The van der Waals surface area contributed by atoms with Gasteiger partial charge in [-0.1, -0.05) is 0 Å². The van der Waals surface area contributed by atoms with Crippen LogP contribution >= 0.6 is 0 Å². The van der Waals surface area contributed by atoms with Crippen molar-refractivity contribution in [2.24, 2.45) is 0 Å². The molecule has 0 atom stereocenters. The van der Waals surface area contributed by atoms with Crippen LogP contribution in [0.15, 0.2) is 6.07 Å². The van der Waals surface area contributed by atoms with E-state index in [9.17, 15) is 13.2 Å². The van der Waals surface area contributed by atoms with E-state index in [1.807, 2.05) is 0 Å². The van der Waals surface area contributed by atoms with E-state index in [4.69, 9.17) is 5.11 Å². The molecule has 2 N–H and O–H groups in total. The summed E-state index contributed by atoms with van der Waals surface area (Å²) in [7, 11) is 0. The molecule has 0 saturated heterocycles. The number of hydrogen-bond donors (Lipinski definition) is 2. The van der Waals surface area contributed by atoms with Gasteiger partial charge in [-0.05, 0) is 13.0 Å². The molecule has 0 bridgehead atoms. The van der Waals surface area contributed by atoms with Crippen LogP contribution in [-0.2, 0) is 0 Å². The van der Waals surface area contributed by atoms with Crippen molar-refractivity contribution in [2.45, 2.75) is 6.92 Å². The van der Waals surface area contributed by atoms with Crippen LogP contribution in [0, 0.1) is 24.4 Å². The Morgan fingerprint density at radius 2 is 1.79 bits per heavy atom. The maximum absolute atomic E-state index is 13.2. The first-order chi connectivity index (χ1) is 6.52. The minimum atomic E-state index is -1.57. The second-order valence-electron chi connectivity index (χ2n) is 3.03. The Bertz CT molecular complexity index is 473. The third-order valence-corrected chi connectivity index (χ3v) is 2.02. The highest BCUT2D eigenvalue weighted by Crippen LogP contribution is 2.31. The molecule has 0 fully saturated rings. The summed E-state index contributed by atoms with van der Waals surface area (Å²) >= 11 is 0. The van der Waals surface area contributed by atoms with Crippen LogP contribution in [0.25, 0.3) is 10.9 Å². The molecule has 14 heavy (non-hydrogen) atoms. The van der Waals surface area contributed by atoms with Crippen LogP contribution < -0.4 is 0 Å². The van der Waals surface area contributed by atoms with Crippen molar-refractivity contribution < 1.29 is 18.3 Å². The number of phenols is 1. The maximum Gasteiger partial charge on any atom is 0.205 e. The highest BCUT2D eigenvalue weighted by Gasteiger charge is 2.20. The summed E-state index contributed by atoms with van der Waals surface area (Å²) < 4.78 is 39.1. The Morgan fingerprint density at radius 1 is 1.14 bits per heavy atom. The monoisotopic (exact) mass is 201 g/mol. The molecule has 0 aliphatic rings. The number of phenolic OH excluding ortho intramolecular Hbond substituents is 1. The third-order valence-electron chi connectivity index (χ3n) is 2.02. The Morgan fingerprint density at radius 3 is 2.43 bits per heavy atom. The molecule has 2 rings (SSSR count). The number of rotatable bonds is 0. The van der Waals surface area contributed by atoms with Crippen molar-refractivity contribution in [3.63, 3.8) is 0 Å². The quantitative estimate of drug-likeness (QED) is 0.631. The van der Waals surface area contributed by atoms with Crippen LogP contribution in [0.1, 0.15) is 5.69 Å². The van der Waals surface area contributed by atoms with Gasteiger partial charge in [-0.3, -0.25) is 0 Å². The molecular formula is C9H6F3NO. The first kappa shape index (κ1) is 8.93. The van der Waals surface area contributed by atoms with Crippen LogP contribution in [0.3, 0.4) is 0 Å². The molecular weight excluding hydrogens is 195 g/mol. The number of halogens is 3. The van der Waals surface area contributed by atoms with Gasteiger partial charge < -0.3 is 10.1 Å². The molecule has 2 aromatic rings. The molecule has 0 amide bonds. The fraction of sp³-hybridized carbons (Fsp3) is 0.111. The molecule has 2 nitrogen and oxygen atoms in total. The molecule has 1 aromatic heterocycles. The number of aromatic amines is 1. The molecule has 74 valence electrons. The Kier molecular flexibility index (Phi) is 1.70. The topological polar surface area (TPSA) is 36.0 Å². The normalized spacial score (nSPS) is 11.1. The first-order valence-electron chi connectivity index (χ1n) is 3.87. The van der Waals surface area contributed by atoms with Gasteiger partial charge in [0.1, 0.15) is 0 Å². The number of fused-ring (bicyclic) bond motifs is 1. The Labute approximate surface area is 77.0 Å². The van der Waals surface area contributed by atoms with Gasteiger partial charge in [0.2, 0.25) is 5.82 Å². The molecule has 0 unspecified atom stereocenters. The lowest BCUT2D eigenvalue weighted by atomic mass is 10.2. The van der Waals surface area contributed by atoms with Crippen LogP contribution in [0.2, 0.25) is 0 Å². The average Bonchev–Trinajstić information content (AvgIpc) is 2.54. The zero-order valence-electron chi connectivity index (χ0n) is 7.16. The fourth-order valence-corrected chi connectivity index (χ4v) is 1.37. The lowest BCUT2D eigenvalue weighted by molar-refractivity contribution is 0.382. The number of aryl methyl sites for hydroxylation is 1. The SMILES string of the molecule is Cc1cc2c(F)c(O)c(F)c(F)c2[nH]1. The van der Waals surface area contributed by atoms with Crippen molar-refractivity contribution >= 4 is 10.9 Å².